The summed E-state index contributed by atoms with van der Waals surface area (Å²) < 4.78 is 12.2. The van der Waals surface area contributed by atoms with Crippen LogP contribution in [0.5, 0.6) is 5.88 Å². The van der Waals surface area contributed by atoms with Gasteiger partial charge in [0.25, 0.3) is 0 Å². The second-order valence-corrected chi connectivity index (χ2v) is 5.55. The number of carbonyl (C=O) groups is 2. The molecular formula is C19H23N3O4. The van der Waals surface area contributed by atoms with Crippen molar-refractivity contribution in [3.05, 3.63) is 48.0 Å². The highest BCUT2D eigenvalue weighted by Crippen LogP contribution is 2.14. The first kappa shape index (κ1) is 19.4. The minimum absolute atomic E-state index is 0.187. The molecular weight excluding hydrogens is 334 g/mol. The van der Waals surface area contributed by atoms with E-state index in [4.69, 9.17) is 9.47 Å². The second-order valence-electron chi connectivity index (χ2n) is 5.55. The van der Waals surface area contributed by atoms with Gasteiger partial charge in [0.05, 0.1) is 30.5 Å². The third kappa shape index (κ3) is 5.54. The standard InChI is InChI=1S/C19H23N3O4/c1-3-5-12-25-17-13-15(21-18(23)19(24)26-11-4-2)14-20-22(17)16-9-7-6-8-10-16/h6-10,13-14H,3-5,11-12H2,1-2H3. The van der Waals surface area contributed by atoms with Gasteiger partial charge < -0.3 is 9.47 Å². The summed E-state index contributed by atoms with van der Waals surface area (Å²) >= 11 is 0. The maximum absolute atomic E-state index is 11.8. The van der Waals surface area contributed by atoms with E-state index < -0.39 is 11.9 Å². The molecule has 1 aromatic carbocycles. The van der Waals surface area contributed by atoms with Crippen LogP contribution in [-0.4, -0.2) is 34.9 Å². The van der Waals surface area contributed by atoms with Gasteiger partial charge in [-0.05, 0) is 25.0 Å². The predicted molar refractivity (Wildman–Crippen MR) is 95.8 cm³/mol. The molecule has 1 aromatic heterocycles. The van der Waals surface area contributed by atoms with Crippen LogP contribution in [0.15, 0.2) is 47.6 Å². The fourth-order valence-corrected chi connectivity index (χ4v) is 2.07. The van der Waals surface area contributed by atoms with Crippen LogP contribution in [0, 0.1) is 0 Å². The number of hydrogen-bond acceptors (Lipinski definition) is 5. The zero-order valence-corrected chi connectivity index (χ0v) is 15.1. The SMILES string of the molecule is CCCCOc1cc(=NC(=O)C(=O)OCCC)cnn1-c1ccccc1. The highest BCUT2D eigenvalue weighted by molar-refractivity contribution is 6.32. The Morgan fingerprint density at radius 3 is 2.58 bits per heavy atom. The van der Waals surface area contributed by atoms with Crippen LogP contribution in [-0.2, 0) is 14.3 Å². The molecule has 0 radical (unpaired) electrons. The molecule has 0 spiro atoms. The lowest BCUT2D eigenvalue weighted by Crippen LogP contribution is -2.20. The Morgan fingerprint density at radius 1 is 1.12 bits per heavy atom. The first-order chi connectivity index (χ1) is 12.7. The molecule has 2 aromatic rings. The number of ether oxygens (including phenoxy) is 2. The number of nitrogens with zero attached hydrogens (tertiary/aromatic N) is 3. The molecule has 138 valence electrons. The van der Waals surface area contributed by atoms with E-state index in [9.17, 15) is 9.59 Å². The molecule has 0 unspecified atom stereocenters. The van der Waals surface area contributed by atoms with E-state index in [-0.39, 0.29) is 12.0 Å². The molecule has 0 saturated heterocycles. The molecule has 0 atom stereocenters. The number of benzene rings is 1. The summed E-state index contributed by atoms with van der Waals surface area (Å²) in [4.78, 5) is 27.2. The molecule has 0 aliphatic rings. The molecule has 0 saturated carbocycles. The van der Waals surface area contributed by atoms with Crippen molar-refractivity contribution in [2.24, 2.45) is 4.99 Å². The lowest BCUT2D eigenvalue weighted by atomic mass is 10.3. The zero-order valence-electron chi connectivity index (χ0n) is 15.1. The van der Waals surface area contributed by atoms with Gasteiger partial charge >= 0.3 is 11.9 Å². The van der Waals surface area contributed by atoms with Crippen molar-refractivity contribution in [3.63, 3.8) is 0 Å². The van der Waals surface area contributed by atoms with Crippen LogP contribution in [0.3, 0.4) is 0 Å². The van der Waals surface area contributed by atoms with Gasteiger partial charge in [0.15, 0.2) is 0 Å². The van der Waals surface area contributed by atoms with E-state index in [1.54, 1.807) is 10.7 Å². The van der Waals surface area contributed by atoms with Gasteiger partial charge in [-0.15, -0.1) is 0 Å². The van der Waals surface area contributed by atoms with Crippen molar-refractivity contribution in [1.29, 1.82) is 0 Å². The monoisotopic (exact) mass is 357 g/mol. The number of rotatable bonds is 7. The molecule has 7 nitrogen and oxygen atoms in total. The molecule has 1 heterocycles. The summed E-state index contributed by atoms with van der Waals surface area (Å²) in [7, 11) is 0. The fourth-order valence-electron chi connectivity index (χ4n) is 2.07. The van der Waals surface area contributed by atoms with Crippen molar-refractivity contribution in [2.75, 3.05) is 13.2 Å². The molecule has 0 N–H and O–H groups in total. The summed E-state index contributed by atoms with van der Waals surface area (Å²) in [5.74, 6) is -1.49. The van der Waals surface area contributed by atoms with Crippen LogP contribution in [0.25, 0.3) is 5.69 Å². The van der Waals surface area contributed by atoms with Gasteiger partial charge in [0.2, 0.25) is 5.88 Å². The lowest BCUT2D eigenvalue weighted by molar-refractivity contribution is -0.153. The van der Waals surface area contributed by atoms with Crippen LogP contribution >= 0.6 is 0 Å². The summed E-state index contributed by atoms with van der Waals surface area (Å²) in [6.45, 7) is 4.62. The summed E-state index contributed by atoms with van der Waals surface area (Å²) in [6, 6.07) is 11.1. The third-order valence-corrected chi connectivity index (χ3v) is 3.38. The van der Waals surface area contributed by atoms with E-state index in [1.165, 1.54) is 6.20 Å². The number of aromatic nitrogens is 2. The number of hydrogen-bond donors (Lipinski definition) is 0. The van der Waals surface area contributed by atoms with Crippen LogP contribution in [0.4, 0.5) is 0 Å². The lowest BCUT2D eigenvalue weighted by Gasteiger charge is -2.13. The molecule has 7 heteroatoms. The van der Waals surface area contributed by atoms with E-state index >= 15 is 0 Å². The van der Waals surface area contributed by atoms with E-state index in [0.717, 1.165) is 18.5 Å². The van der Waals surface area contributed by atoms with Gasteiger partial charge in [-0.1, -0.05) is 38.5 Å². The van der Waals surface area contributed by atoms with Gasteiger partial charge in [-0.25, -0.2) is 14.5 Å². The Morgan fingerprint density at radius 2 is 1.88 bits per heavy atom. The number of para-hydroxylation sites is 1. The van der Waals surface area contributed by atoms with E-state index in [2.05, 4.69) is 17.0 Å². The topological polar surface area (TPSA) is 82.8 Å². The Kier molecular flexibility index (Phi) is 7.54. The van der Waals surface area contributed by atoms with Gasteiger partial charge in [-0.2, -0.15) is 5.10 Å². The van der Waals surface area contributed by atoms with Crippen LogP contribution < -0.4 is 10.1 Å². The Bertz CT molecular complexity index is 800. The smallest absolute Gasteiger partial charge is 0.399 e. The van der Waals surface area contributed by atoms with E-state index in [0.29, 0.717) is 18.9 Å². The fraction of sp³-hybridized carbons (Fsp3) is 0.368. The molecule has 0 aliphatic heterocycles. The average molecular weight is 357 g/mol. The summed E-state index contributed by atoms with van der Waals surface area (Å²) in [5, 5.41) is 4.53. The van der Waals surface area contributed by atoms with Crippen LogP contribution in [0.1, 0.15) is 33.1 Å². The number of unbranched alkanes of at least 4 members (excludes halogenated alkanes) is 1. The first-order valence-electron chi connectivity index (χ1n) is 8.69. The summed E-state index contributed by atoms with van der Waals surface area (Å²) in [6.07, 6.45) is 3.92. The maximum atomic E-state index is 11.8. The van der Waals surface area contributed by atoms with Crippen molar-refractivity contribution in [2.45, 2.75) is 33.1 Å². The second kappa shape index (κ2) is 10.1. The third-order valence-electron chi connectivity index (χ3n) is 3.38. The first-order valence-corrected chi connectivity index (χ1v) is 8.69. The van der Waals surface area contributed by atoms with Crippen molar-refractivity contribution < 1.29 is 19.1 Å². The number of carbonyl (C=O) groups excluding carboxylic acids is 2. The largest absolute Gasteiger partial charge is 0.478 e. The minimum Gasteiger partial charge on any atom is -0.478 e. The van der Waals surface area contributed by atoms with Crippen molar-refractivity contribution in [3.8, 4) is 11.6 Å². The van der Waals surface area contributed by atoms with Crippen molar-refractivity contribution in [1.82, 2.24) is 9.78 Å². The molecule has 2 rings (SSSR count). The van der Waals surface area contributed by atoms with Crippen LogP contribution in [0.2, 0.25) is 0 Å². The molecule has 0 fully saturated rings. The predicted octanol–water partition coefficient (Wildman–Crippen LogP) is 2.43. The van der Waals surface area contributed by atoms with Gasteiger partial charge in [0, 0.05) is 6.07 Å². The quantitative estimate of drug-likeness (QED) is 0.432. The van der Waals surface area contributed by atoms with Gasteiger partial charge in [-0.3, -0.25) is 4.79 Å². The Balaban J connectivity index is 2.31. The highest BCUT2D eigenvalue weighted by atomic mass is 16.5. The number of esters is 1. The summed E-state index contributed by atoms with van der Waals surface area (Å²) in [5.41, 5.74) is 0.819. The van der Waals surface area contributed by atoms with Crippen molar-refractivity contribution >= 4 is 11.9 Å². The molecule has 1 amide bonds. The normalized spacial score (nSPS) is 11.2. The Labute approximate surface area is 152 Å². The number of amides is 1. The minimum atomic E-state index is -0.972. The molecule has 26 heavy (non-hydrogen) atoms. The van der Waals surface area contributed by atoms with Gasteiger partial charge in [0.1, 0.15) is 0 Å². The molecule has 0 bridgehead atoms. The maximum Gasteiger partial charge on any atom is 0.399 e. The Hall–Kier alpha value is -2.96. The molecule has 0 aliphatic carbocycles. The van der Waals surface area contributed by atoms with E-state index in [1.807, 2.05) is 37.3 Å². The zero-order chi connectivity index (χ0) is 18.8. The highest BCUT2D eigenvalue weighted by Gasteiger charge is 2.14. The average Bonchev–Trinajstić information content (AvgIpc) is 2.67.